The molecule has 2 aliphatic heterocycles. The second kappa shape index (κ2) is 5.86. The molecular formula is C18H23ClN2O. The number of hydrogen-bond acceptors (Lipinski definition) is 2. The predicted octanol–water partition coefficient (Wildman–Crippen LogP) is 3.62. The molecule has 3 fully saturated rings. The zero-order chi connectivity index (χ0) is 15.1. The molecule has 0 aromatic heterocycles. The summed E-state index contributed by atoms with van der Waals surface area (Å²) in [5.74, 6) is -0.0199. The van der Waals surface area contributed by atoms with Crippen LogP contribution in [0.5, 0.6) is 0 Å². The van der Waals surface area contributed by atoms with Crippen LogP contribution in [-0.2, 0) is 0 Å². The third-order valence-corrected chi connectivity index (χ3v) is 5.78. The molecule has 1 amide bonds. The quantitative estimate of drug-likeness (QED) is 0.923. The Morgan fingerprint density at radius 3 is 2.36 bits per heavy atom. The topological polar surface area (TPSA) is 32.3 Å². The number of carbonyl (C=O) groups is 1. The van der Waals surface area contributed by atoms with Crippen molar-refractivity contribution < 1.29 is 4.79 Å². The van der Waals surface area contributed by atoms with Crippen LogP contribution in [0.25, 0.3) is 0 Å². The number of carbonyl (C=O) groups excluding carboxylic acids is 1. The predicted molar refractivity (Wildman–Crippen MR) is 88.2 cm³/mol. The maximum absolute atomic E-state index is 12.5. The molecule has 3 nitrogen and oxygen atoms in total. The van der Waals surface area contributed by atoms with Crippen molar-refractivity contribution in [2.75, 3.05) is 0 Å². The van der Waals surface area contributed by atoms with E-state index in [1.165, 1.54) is 32.1 Å². The molecule has 118 valence electrons. The highest BCUT2D eigenvalue weighted by atomic mass is 35.5. The SMILES string of the molecule is O=C(NC1CC2CCCC(C1)N2C1CC1)c1ccccc1Cl. The molecule has 4 heteroatoms. The number of fused-ring (bicyclic) bond motifs is 2. The smallest absolute Gasteiger partial charge is 0.253 e. The van der Waals surface area contributed by atoms with Gasteiger partial charge in [-0.05, 0) is 50.7 Å². The van der Waals surface area contributed by atoms with Gasteiger partial charge in [-0.2, -0.15) is 0 Å². The number of nitrogens with zero attached hydrogens (tertiary/aromatic N) is 1. The lowest BCUT2D eigenvalue weighted by molar-refractivity contribution is 0.0175. The first kappa shape index (κ1) is 14.5. The van der Waals surface area contributed by atoms with Crippen LogP contribution in [0.2, 0.25) is 5.02 Å². The Kier molecular flexibility index (Phi) is 3.87. The molecule has 1 saturated carbocycles. The first-order valence-electron chi connectivity index (χ1n) is 8.55. The first-order valence-corrected chi connectivity index (χ1v) is 8.93. The van der Waals surface area contributed by atoms with Crippen molar-refractivity contribution in [3.8, 4) is 0 Å². The maximum Gasteiger partial charge on any atom is 0.253 e. The van der Waals surface area contributed by atoms with Gasteiger partial charge >= 0.3 is 0 Å². The van der Waals surface area contributed by atoms with E-state index in [1.807, 2.05) is 12.1 Å². The molecule has 2 bridgehead atoms. The van der Waals surface area contributed by atoms with Gasteiger partial charge in [-0.3, -0.25) is 9.69 Å². The summed E-state index contributed by atoms with van der Waals surface area (Å²) >= 11 is 6.14. The zero-order valence-electron chi connectivity index (χ0n) is 12.8. The van der Waals surface area contributed by atoms with Gasteiger partial charge in [-0.1, -0.05) is 30.2 Å². The highest BCUT2D eigenvalue weighted by Gasteiger charge is 2.45. The summed E-state index contributed by atoms with van der Waals surface area (Å²) in [5, 5.41) is 3.77. The Bertz CT molecular complexity index is 558. The number of rotatable bonds is 3. The lowest BCUT2D eigenvalue weighted by Gasteiger charge is -2.49. The highest BCUT2D eigenvalue weighted by molar-refractivity contribution is 6.33. The number of nitrogens with one attached hydrogen (secondary N) is 1. The van der Waals surface area contributed by atoms with Crippen LogP contribution in [0.15, 0.2) is 24.3 Å². The summed E-state index contributed by atoms with van der Waals surface area (Å²) in [6, 6.07) is 9.80. The highest BCUT2D eigenvalue weighted by Crippen LogP contribution is 2.41. The van der Waals surface area contributed by atoms with Gasteiger partial charge in [0.1, 0.15) is 0 Å². The molecule has 1 aromatic rings. The van der Waals surface area contributed by atoms with E-state index in [4.69, 9.17) is 11.6 Å². The summed E-state index contributed by atoms with van der Waals surface area (Å²) in [5.41, 5.74) is 0.596. The summed E-state index contributed by atoms with van der Waals surface area (Å²) in [6.07, 6.45) is 8.90. The minimum atomic E-state index is -0.0199. The third kappa shape index (κ3) is 2.77. The van der Waals surface area contributed by atoms with Crippen LogP contribution in [-0.4, -0.2) is 35.0 Å². The van der Waals surface area contributed by atoms with E-state index in [0.29, 0.717) is 28.7 Å². The average Bonchev–Trinajstić information content (AvgIpc) is 3.31. The Morgan fingerprint density at radius 2 is 1.73 bits per heavy atom. The van der Waals surface area contributed by atoms with Crippen LogP contribution in [0.1, 0.15) is 55.3 Å². The van der Waals surface area contributed by atoms with Crippen molar-refractivity contribution in [1.29, 1.82) is 0 Å². The van der Waals surface area contributed by atoms with Crippen LogP contribution in [0, 0.1) is 0 Å². The molecule has 22 heavy (non-hydrogen) atoms. The molecule has 1 aromatic carbocycles. The van der Waals surface area contributed by atoms with Gasteiger partial charge in [0.25, 0.3) is 5.91 Å². The molecule has 2 atom stereocenters. The second-order valence-corrected chi connectivity index (χ2v) is 7.45. The molecule has 1 N–H and O–H groups in total. The van der Waals surface area contributed by atoms with Crippen molar-refractivity contribution in [1.82, 2.24) is 10.2 Å². The molecule has 4 rings (SSSR count). The van der Waals surface area contributed by atoms with E-state index in [2.05, 4.69) is 10.2 Å². The van der Waals surface area contributed by atoms with Gasteiger partial charge in [0.2, 0.25) is 0 Å². The molecule has 0 spiro atoms. The first-order chi connectivity index (χ1) is 10.7. The lowest BCUT2D eigenvalue weighted by atomic mass is 9.81. The van der Waals surface area contributed by atoms with Gasteiger partial charge in [-0.25, -0.2) is 0 Å². The Morgan fingerprint density at radius 1 is 1.05 bits per heavy atom. The van der Waals surface area contributed by atoms with Crippen molar-refractivity contribution >= 4 is 17.5 Å². The molecule has 1 aliphatic carbocycles. The molecular weight excluding hydrogens is 296 g/mol. The van der Waals surface area contributed by atoms with Crippen LogP contribution >= 0.6 is 11.6 Å². The third-order valence-electron chi connectivity index (χ3n) is 5.45. The molecule has 0 radical (unpaired) electrons. The van der Waals surface area contributed by atoms with Crippen molar-refractivity contribution in [3.05, 3.63) is 34.9 Å². The van der Waals surface area contributed by atoms with E-state index in [-0.39, 0.29) is 5.91 Å². The zero-order valence-corrected chi connectivity index (χ0v) is 13.6. The summed E-state index contributed by atoms with van der Waals surface area (Å²) in [4.78, 5) is 15.3. The van der Waals surface area contributed by atoms with Gasteiger partial charge < -0.3 is 5.32 Å². The minimum Gasteiger partial charge on any atom is -0.349 e. The fraction of sp³-hybridized carbons (Fsp3) is 0.611. The standard InChI is InChI=1S/C18H23ClN2O/c19-17-7-2-1-6-16(17)18(22)20-12-10-14-4-3-5-15(11-12)21(14)13-8-9-13/h1-2,6-7,12-15H,3-5,8-11H2,(H,20,22). The number of piperidine rings is 2. The van der Waals surface area contributed by atoms with E-state index in [1.54, 1.807) is 12.1 Å². The fourth-order valence-electron chi connectivity index (χ4n) is 4.41. The second-order valence-electron chi connectivity index (χ2n) is 7.04. The fourth-order valence-corrected chi connectivity index (χ4v) is 4.63. The summed E-state index contributed by atoms with van der Waals surface area (Å²) in [6.45, 7) is 0. The van der Waals surface area contributed by atoms with Crippen molar-refractivity contribution in [2.45, 2.75) is 69.1 Å². The van der Waals surface area contributed by atoms with Crippen LogP contribution < -0.4 is 5.32 Å². The molecule has 2 saturated heterocycles. The molecule has 3 aliphatic rings. The minimum absolute atomic E-state index is 0.0199. The van der Waals surface area contributed by atoms with Crippen LogP contribution in [0.4, 0.5) is 0 Å². The number of benzene rings is 1. The number of halogens is 1. The van der Waals surface area contributed by atoms with Gasteiger partial charge in [0.15, 0.2) is 0 Å². The van der Waals surface area contributed by atoms with Crippen molar-refractivity contribution in [2.24, 2.45) is 0 Å². The Labute approximate surface area is 137 Å². The number of amides is 1. The van der Waals surface area contributed by atoms with Crippen LogP contribution in [0.3, 0.4) is 0 Å². The lowest BCUT2D eigenvalue weighted by Crippen LogP contribution is -2.57. The molecule has 2 heterocycles. The Hall–Kier alpha value is -1.06. The normalized spacial score (nSPS) is 31.8. The Balaban J connectivity index is 1.44. The largest absolute Gasteiger partial charge is 0.349 e. The summed E-state index contributed by atoms with van der Waals surface area (Å²) in [7, 11) is 0. The van der Waals surface area contributed by atoms with E-state index in [9.17, 15) is 4.79 Å². The average molecular weight is 319 g/mol. The number of hydrogen-bond donors (Lipinski definition) is 1. The maximum atomic E-state index is 12.5. The van der Waals surface area contributed by atoms with E-state index < -0.39 is 0 Å². The molecule has 2 unspecified atom stereocenters. The summed E-state index contributed by atoms with van der Waals surface area (Å²) < 4.78 is 0. The van der Waals surface area contributed by atoms with E-state index in [0.717, 1.165) is 18.9 Å². The van der Waals surface area contributed by atoms with Crippen molar-refractivity contribution in [3.63, 3.8) is 0 Å². The monoisotopic (exact) mass is 318 g/mol. The van der Waals surface area contributed by atoms with Gasteiger partial charge in [0.05, 0.1) is 10.6 Å². The van der Waals surface area contributed by atoms with Gasteiger partial charge in [-0.15, -0.1) is 0 Å². The van der Waals surface area contributed by atoms with E-state index >= 15 is 0 Å². The van der Waals surface area contributed by atoms with Gasteiger partial charge in [0, 0.05) is 24.2 Å².